The Balaban J connectivity index is 1.68. The van der Waals surface area contributed by atoms with E-state index in [4.69, 9.17) is 5.73 Å². The highest BCUT2D eigenvalue weighted by Crippen LogP contribution is 2.48. The number of nitrogens with one attached hydrogen (secondary N) is 2. The highest BCUT2D eigenvalue weighted by molar-refractivity contribution is 5.93. The van der Waals surface area contributed by atoms with E-state index in [-0.39, 0.29) is 23.3 Å². The number of nitrogens with two attached hydrogens (primary N) is 1. The van der Waals surface area contributed by atoms with Crippen molar-refractivity contribution >= 4 is 22.7 Å². The van der Waals surface area contributed by atoms with Crippen LogP contribution >= 0.6 is 0 Å². The van der Waals surface area contributed by atoms with Gasteiger partial charge in [-0.1, -0.05) is 0 Å². The summed E-state index contributed by atoms with van der Waals surface area (Å²) >= 11 is 0. The van der Waals surface area contributed by atoms with Gasteiger partial charge >= 0.3 is 0 Å². The van der Waals surface area contributed by atoms with Crippen LogP contribution in [0, 0.1) is 23.4 Å². The molecule has 0 radical (unpaired) electrons. The van der Waals surface area contributed by atoms with Crippen molar-refractivity contribution in [1.82, 2.24) is 10.3 Å². The number of rotatable bonds is 5. The lowest BCUT2D eigenvalue weighted by molar-refractivity contribution is -0.131. The van der Waals surface area contributed by atoms with Gasteiger partial charge in [-0.05, 0) is 67.1 Å². The maximum atomic E-state index is 14.4. The third-order valence-corrected chi connectivity index (χ3v) is 5.70. The van der Waals surface area contributed by atoms with Gasteiger partial charge in [0.1, 0.15) is 23.5 Å². The van der Waals surface area contributed by atoms with E-state index in [1.807, 2.05) is 0 Å². The molecule has 4 N–H and O–H groups in total. The van der Waals surface area contributed by atoms with Gasteiger partial charge in [-0.15, -0.1) is 0 Å². The Hall–Kier alpha value is -3.29. The molecular formula is C22H20F3N3O2. The van der Waals surface area contributed by atoms with Crippen molar-refractivity contribution < 1.29 is 22.8 Å². The summed E-state index contributed by atoms with van der Waals surface area (Å²) in [6.07, 6.45) is 0.910. The first-order valence-electron chi connectivity index (χ1n) is 9.60. The number of aromatic amines is 1. The molecule has 0 bridgehead atoms. The van der Waals surface area contributed by atoms with E-state index in [1.54, 1.807) is 12.1 Å². The molecule has 1 saturated carbocycles. The van der Waals surface area contributed by atoms with Crippen molar-refractivity contribution in [2.24, 2.45) is 11.7 Å². The molecule has 1 aliphatic rings. The summed E-state index contributed by atoms with van der Waals surface area (Å²) in [6, 6.07) is 7.01. The Labute approximate surface area is 170 Å². The molecule has 30 heavy (non-hydrogen) atoms. The second kappa shape index (κ2) is 7.51. The van der Waals surface area contributed by atoms with Crippen molar-refractivity contribution in [3.8, 4) is 11.3 Å². The van der Waals surface area contributed by atoms with Crippen LogP contribution in [0.5, 0.6) is 0 Å². The lowest BCUT2D eigenvalue weighted by Crippen LogP contribution is -2.47. The number of fused-ring (bicyclic) bond motifs is 1. The zero-order chi connectivity index (χ0) is 21.6. The second-order valence-corrected chi connectivity index (χ2v) is 7.73. The number of amides is 2. The Kier molecular flexibility index (Phi) is 5.01. The molecule has 4 rings (SSSR count). The molecule has 1 heterocycles. The Morgan fingerprint density at radius 3 is 2.40 bits per heavy atom. The number of halogens is 3. The summed E-state index contributed by atoms with van der Waals surface area (Å²) in [4.78, 5) is 26.5. The molecule has 1 fully saturated rings. The molecule has 0 aliphatic heterocycles. The maximum Gasteiger partial charge on any atom is 0.239 e. The summed E-state index contributed by atoms with van der Waals surface area (Å²) < 4.78 is 41.7. The summed E-state index contributed by atoms with van der Waals surface area (Å²) in [6.45, 7) is 1.51. The number of benzene rings is 2. The van der Waals surface area contributed by atoms with Gasteiger partial charge in [-0.3, -0.25) is 9.59 Å². The fourth-order valence-electron chi connectivity index (χ4n) is 3.98. The van der Waals surface area contributed by atoms with Crippen molar-refractivity contribution in [2.75, 3.05) is 0 Å². The predicted molar refractivity (Wildman–Crippen MR) is 106 cm³/mol. The molecule has 1 atom stereocenters. The third-order valence-electron chi connectivity index (χ3n) is 5.70. The van der Waals surface area contributed by atoms with E-state index in [1.165, 1.54) is 25.1 Å². The molecule has 1 aliphatic carbocycles. The second-order valence-electron chi connectivity index (χ2n) is 7.73. The molecule has 0 saturated heterocycles. The minimum absolute atomic E-state index is 0.125. The quantitative estimate of drug-likeness (QED) is 0.593. The molecule has 5 nitrogen and oxygen atoms in total. The van der Waals surface area contributed by atoms with Crippen LogP contribution in [0.15, 0.2) is 36.4 Å². The monoisotopic (exact) mass is 415 g/mol. The highest BCUT2D eigenvalue weighted by atomic mass is 19.1. The van der Waals surface area contributed by atoms with Gasteiger partial charge in [0.25, 0.3) is 0 Å². The summed E-state index contributed by atoms with van der Waals surface area (Å²) in [5, 5.41) is 2.98. The standard InChI is InChI=1S/C22H20F3N3O2/c1-10(21(26)29)27-22(30)13-6-12(7-13)18-16-8-15(24)9-17(25)20(16)28-19(18)11-2-4-14(23)5-3-11/h2-5,8-10,12-13,28H,6-7H2,1H3,(H2,26,29)(H,27,30). The Bertz CT molecular complexity index is 1130. The molecular weight excluding hydrogens is 395 g/mol. The lowest BCUT2D eigenvalue weighted by atomic mass is 9.69. The predicted octanol–water partition coefficient (Wildman–Crippen LogP) is 3.74. The van der Waals surface area contributed by atoms with Crippen LogP contribution in [0.3, 0.4) is 0 Å². The molecule has 8 heteroatoms. The number of aromatic nitrogens is 1. The number of H-pyrrole nitrogens is 1. The normalized spacial score (nSPS) is 19.3. The van der Waals surface area contributed by atoms with Crippen LogP contribution in [0.1, 0.15) is 31.2 Å². The smallest absolute Gasteiger partial charge is 0.239 e. The number of hydrogen-bond donors (Lipinski definition) is 3. The number of hydrogen-bond acceptors (Lipinski definition) is 2. The maximum absolute atomic E-state index is 14.4. The fraction of sp³-hybridized carbons (Fsp3) is 0.273. The average molecular weight is 415 g/mol. The van der Waals surface area contributed by atoms with Gasteiger partial charge in [0.15, 0.2) is 0 Å². The van der Waals surface area contributed by atoms with E-state index >= 15 is 0 Å². The van der Waals surface area contributed by atoms with Crippen molar-refractivity contribution in [2.45, 2.75) is 31.7 Å². The van der Waals surface area contributed by atoms with Gasteiger partial charge in [-0.2, -0.15) is 0 Å². The summed E-state index contributed by atoms with van der Waals surface area (Å²) in [5.41, 5.74) is 7.25. The van der Waals surface area contributed by atoms with Crippen molar-refractivity contribution in [3.63, 3.8) is 0 Å². The number of primary amides is 1. The first-order chi connectivity index (χ1) is 14.2. The average Bonchev–Trinajstić information content (AvgIpc) is 3.00. The molecule has 0 spiro atoms. The van der Waals surface area contributed by atoms with Crippen LogP contribution in [-0.4, -0.2) is 22.8 Å². The highest BCUT2D eigenvalue weighted by Gasteiger charge is 2.39. The van der Waals surface area contributed by atoms with Gasteiger partial charge in [0.05, 0.1) is 11.2 Å². The van der Waals surface area contributed by atoms with Crippen LogP contribution in [0.4, 0.5) is 13.2 Å². The molecule has 3 aromatic rings. The van der Waals surface area contributed by atoms with Crippen molar-refractivity contribution in [1.29, 1.82) is 0 Å². The van der Waals surface area contributed by atoms with Crippen LogP contribution in [0.2, 0.25) is 0 Å². The topological polar surface area (TPSA) is 88.0 Å². The Morgan fingerprint density at radius 2 is 1.77 bits per heavy atom. The zero-order valence-electron chi connectivity index (χ0n) is 16.1. The molecule has 2 aromatic carbocycles. The van der Waals surface area contributed by atoms with E-state index in [0.717, 1.165) is 6.07 Å². The van der Waals surface area contributed by atoms with Gasteiger partial charge < -0.3 is 16.0 Å². The van der Waals surface area contributed by atoms with Crippen LogP contribution in [-0.2, 0) is 9.59 Å². The minimum atomic E-state index is -0.775. The number of carbonyl (C=O) groups excluding carboxylic acids is 2. The van der Waals surface area contributed by atoms with E-state index < -0.39 is 29.4 Å². The van der Waals surface area contributed by atoms with E-state index in [0.29, 0.717) is 35.0 Å². The summed E-state index contributed by atoms with van der Waals surface area (Å²) in [5.74, 6) is -3.18. The lowest BCUT2D eigenvalue weighted by Gasteiger charge is -2.35. The van der Waals surface area contributed by atoms with Gasteiger partial charge in [0.2, 0.25) is 11.8 Å². The molecule has 1 aromatic heterocycles. The zero-order valence-corrected chi connectivity index (χ0v) is 16.1. The summed E-state index contributed by atoms with van der Waals surface area (Å²) in [7, 11) is 0. The Morgan fingerprint density at radius 1 is 1.10 bits per heavy atom. The first kappa shape index (κ1) is 20.0. The molecule has 156 valence electrons. The fourth-order valence-corrected chi connectivity index (χ4v) is 3.98. The molecule has 1 unspecified atom stereocenters. The third kappa shape index (κ3) is 3.53. The number of carbonyl (C=O) groups is 2. The first-order valence-corrected chi connectivity index (χ1v) is 9.60. The van der Waals surface area contributed by atoms with Crippen LogP contribution < -0.4 is 11.1 Å². The van der Waals surface area contributed by atoms with Crippen LogP contribution in [0.25, 0.3) is 22.2 Å². The van der Waals surface area contributed by atoms with Gasteiger partial charge in [-0.25, -0.2) is 13.2 Å². The minimum Gasteiger partial charge on any atom is -0.368 e. The van der Waals surface area contributed by atoms with Gasteiger partial charge in [0, 0.05) is 17.4 Å². The van der Waals surface area contributed by atoms with E-state index in [9.17, 15) is 22.8 Å². The largest absolute Gasteiger partial charge is 0.368 e. The SMILES string of the molecule is CC(NC(=O)C1CC(c2c(-c3ccc(F)cc3)[nH]c3c(F)cc(F)cc23)C1)C(N)=O. The van der Waals surface area contributed by atoms with Crippen molar-refractivity contribution in [3.05, 3.63) is 59.4 Å². The van der Waals surface area contributed by atoms with E-state index in [2.05, 4.69) is 10.3 Å². The molecule has 2 amide bonds.